The number of hydrogen-bond donors (Lipinski definition) is 1. The predicted molar refractivity (Wildman–Crippen MR) is 85.7 cm³/mol. The molecule has 0 spiro atoms. The fraction of sp³-hybridized carbons (Fsp3) is 0.444. The van der Waals surface area contributed by atoms with Gasteiger partial charge in [0.2, 0.25) is 0 Å². The van der Waals surface area contributed by atoms with Crippen LogP contribution in [0.4, 0.5) is 0 Å². The van der Waals surface area contributed by atoms with Crippen LogP contribution >= 0.6 is 0 Å². The molecule has 1 aromatic heterocycles. The third-order valence-corrected chi connectivity index (χ3v) is 3.92. The van der Waals surface area contributed by atoms with E-state index in [4.69, 9.17) is 4.74 Å². The van der Waals surface area contributed by atoms with Gasteiger partial charge in [-0.1, -0.05) is 32.0 Å². The average molecular weight is 284 g/mol. The molecular weight excluding hydrogens is 260 g/mol. The zero-order chi connectivity index (χ0) is 14.7. The summed E-state index contributed by atoms with van der Waals surface area (Å²) < 4.78 is 8.04. The van der Waals surface area contributed by atoms with Gasteiger partial charge in [-0.2, -0.15) is 0 Å². The second-order valence-corrected chi connectivity index (χ2v) is 6.29. The highest BCUT2D eigenvalue weighted by Gasteiger charge is 2.23. The number of aromatic nitrogens is 1. The molecule has 0 saturated carbocycles. The Labute approximate surface area is 126 Å². The lowest BCUT2D eigenvalue weighted by molar-refractivity contribution is 0.319. The molecule has 3 heteroatoms. The summed E-state index contributed by atoms with van der Waals surface area (Å²) in [5.41, 5.74) is 2.69. The maximum atomic E-state index is 5.76. The van der Waals surface area contributed by atoms with Crippen LogP contribution in [0.15, 0.2) is 42.7 Å². The Bertz CT molecular complexity index is 588. The zero-order valence-electron chi connectivity index (χ0n) is 12.9. The lowest BCUT2D eigenvalue weighted by atomic mass is 10.0. The van der Waals surface area contributed by atoms with Crippen molar-refractivity contribution in [1.82, 2.24) is 9.88 Å². The summed E-state index contributed by atoms with van der Waals surface area (Å²) in [4.78, 5) is 0. The van der Waals surface area contributed by atoms with Crippen LogP contribution in [0.1, 0.15) is 30.9 Å². The molecule has 0 fully saturated rings. The van der Waals surface area contributed by atoms with Crippen molar-refractivity contribution in [1.29, 1.82) is 0 Å². The van der Waals surface area contributed by atoms with Crippen molar-refractivity contribution in [3.63, 3.8) is 0 Å². The van der Waals surface area contributed by atoms with E-state index in [0.29, 0.717) is 11.8 Å². The molecule has 21 heavy (non-hydrogen) atoms. The summed E-state index contributed by atoms with van der Waals surface area (Å²) >= 11 is 0. The molecule has 112 valence electrons. The van der Waals surface area contributed by atoms with Crippen molar-refractivity contribution < 1.29 is 4.74 Å². The Kier molecular flexibility index (Phi) is 4.30. The first-order chi connectivity index (χ1) is 10.2. The predicted octanol–water partition coefficient (Wildman–Crippen LogP) is 3.41. The van der Waals surface area contributed by atoms with Crippen LogP contribution in [0.5, 0.6) is 5.75 Å². The van der Waals surface area contributed by atoms with Crippen molar-refractivity contribution in [3.05, 3.63) is 53.9 Å². The quantitative estimate of drug-likeness (QED) is 0.880. The number of rotatable bonds is 6. The van der Waals surface area contributed by atoms with Crippen LogP contribution in [-0.2, 0) is 13.1 Å². The summed E-state index contributed by atoms with van der Waals surface area (Å²) in [7, 11) is 0. The molecule has 0 amide bonds. The maximum absolute atomic E-state index is 5.76. The summed E-state index contributed by atoms with van der Waals surface area (Å²) in [5.74, 6) is 2.21. The molecule has 3 nitrogen and oxygen atoms in total. The highest BCUT2D eigenvalue weighted by Crippen LogP contribution is 2.34. The molecule has 2 heterocycles. The number of hydrogen-bond acceptors (Lipinski definition) is 2. The highest BCUT2D eigenvalue weighted by atomic mass is 16.5. The van der Waals surface area contributed by atoms with Crippen molar-refractivity contribution in [2.75, 3.05) is 13.2 Å². The second-order valence-electron chi connectivity index (χ2n) is 6.29. The van der Waals surface area contributed by atoms with Gasteiger partial charge in [-0.15, -0.1) is 0 Å². The summed E-state index contributed by atoms with van der Waals surface area (Å²) in [6, 6.07) is 10.6. The molecule has 1 aliphatic heterocycles. The Morgan fingerprint density at radius 1 is 1.29 bits per heavy atom. The van der Waals surface area contributed by atoms with Crippen LogP contribution < -0.4 is 10.1 Å². The molecule has 0 saturated heterocycles. The van der Waals surface area contributed by atoms with E-state index >= 15 is 0 Å². The van der Waals surface area contributed by atoms with Crippen molar-refractivity contribution >= 4 is 0 Å². The van der Waals surface area contributed by atoms with Gasteiger partial charge in [0.15, 0.2) is 0 Å². The van der Waals surface area contributed by atoms with Crippen LogP contribution in [0.25, 0.3) is 0 Å². The minimum atomic E-state index is 0.463. The topological polar surface area (TPSA) is 26.2 Å². The number of nitrogens with one attached hydrogen (secondary N) is 1. The molecule has 2 aromatic rings. The van der Waals surface area contributed by atoms with Gasteiger partial charge >= 0.3 is 0 Å². The minimum absolute atomic E-state index is 0.463. The Morgan fingerprint density at radius 2 is 2.14 bits per heavy atom. The Balaban J connectivity index is 1.58. The van der Waals surface area contributed by atoms with Crippen molar-refractivity contribution in [2.45, 2.75) is 32.9 Å². The lowest BCUT2D eigenvalue weighted by Crippen LogP contribution is -2.18. The normalized spacial score (nSPS) is 17.0. The van der Waals surface area contributed by atoms with Gasteiger partial charge in [-0.25, -0.2) is 0 Å². The molecular formula is C18H24N2O. The SMILES string of the molecule is CC(C)CNCc1ccn(CC2COc3ccccc32)c1. The number of fused-ring (bicyclic) bond motifs is 1. The summed E-state index contributed by atoms with van der Waals surface area (Å²) in [6.45, 7) is 8.25. The van der Waals surface area contributed by atoms with E-state index < -0.39 is 0 Å². The molecule has 0 radical (unpaired) electrons. The fourth-order valence-corrected chi connectivity index (χ4v) is 2.85. The number of benzene rings is 1. The molecule has 1 atom stereocenters. The molecule has 1 aromatic carbocycles. The zero-order valence-corrected chi connectivity index (χ0v) is 12.9. The van der Waals surface area contributed by atoms with E-state index in [9.17, 15) is 0 Å². The molecule has 3 rings (SSSR count). The second kappa shape index (κ2) is 6.35. The first-order valence-corrected chi connectivity index (χ1v) is 7.79. The van der Waals surface area contributed by atoms with Crippen LogP contribution in [-0.4, -0.2) is 17.7 Å². The highest BCUT2D eigenvalue weighted by molar-refractivity contribution is 5.39. The maximum Gasteiger partial charge on any atom is 0.122 e. The van der Waals surface area contributed by atoms with Gasteiger partial charge in [-0.3, -0.25) is 0 Å². The van der Waals surface area contributed by atoms with E-state index in [1.54, 1.807) is 0 Å². The van der Waals surface area contributed by atoms with Gasteiger partial charge in [0, 0.05) is 37.0 Å². The fourth-order valence-electron chi connectivity index (χ4n) is 2.85. The Morgan fingerprint density at radius 3 is 3.00 bits per heavy atom. The first kappa shape index (κ1) is 14.2. The van der Waals surface area contributed by atoms with Crippen LogP contribution in [0.3, 0.4) is 0 Å². The van der Waals surface area contributed by atoms with Gasteiger partial charge in [0.1, 0.15) is 5.75 Å². The molecule has 1 N–H and O–H groups in total. The Hall–Kier alpha value is -1.74. The van der Waals surface area contributed by atoms with Crippen LogP contribution in [0, 0.1) is 5.92 Å². The van der Waals surface area contributed by atoms with E-state index in [2.05, 4.69) is 60.4 Å². The third-order valence-electron chi connectivity index (χ3n) is 3.92. The standard InChI is InChI=1S/C18H24N2O/c1-14(2)9-19-10-15-7-8-20(11-15)12-16-13-21-18-6-4-3-5-17(16)18/h3-8,11,14,16,19H,9-10,12-13H2,1-2H3. The minimum Gasteiger partial charge on any atom is -0.493 e. The molecule has 1 aliphatic rings. The van der Waals surface area contributed by atoms with Gasteiger partial charge in [-0.05, 0) is 30.2 Å². The van der Waals surface area contributed by atoms with E-state index in [0.717, 1.165) is 32.0 Å². The number of para-hydroxylation sites is 1. The van der Waals surface area contributed by atoms with Gasteiger partial charge < -0.3 is 14.6 Å². The van der Waals surface area contributed by atoms with Gasteiger partial charge in [0.25, 0.3) is 0 Å². The molecule has 1 unspecified atom stereocenters. The molecule has 0 bridgehead atoms. The average Bonchev–Trinajstić information content (AvgIpc) is 3.07. The van der Waals surface area contributed by atoms with Crippen LogP contribution in [0.2, 0.25) is 0 Å². The summed E-state index contributed by atoms with van der Waals surface area (Å²) in [5, 5.41) is 3.49. The van der Waals surface area contributed by atoms with E-state index in [-0.39, 0.29) is 0 Å². The van der Waals surface area contributed by atoms with Crippen molar-refractivity contribution in [2.24, 2.45) is 5.92 Å². The lowest BCUT2D eigenvalue weighted by Gasteiger charge is -2.10. The monoisotopic (exact) mass is 284 g/mol. The van der Waals surface area contributed by atoms with Gasteiger partial charge in [0.05, 0.1) is 6.61 Å². The van der Waals surface area contributed by atoms with E-state index in [1.165, 1.54) is 11.1 Å². The van der Waals surface area contributed by atoms with Crippen molar-refractivity contribution in [3.8, 4) is 5.75 Å². The third kappa shape index (κ3) is 3.48. The smallest absolute Gasteiger partial charge is 0.122 e. The largest absolute Gasteiger partial charge is 0.493 e. The first-order valence-electron chi connectivity index (χ1n) is 7.79. The van der Waals surface area contributed by atoms with E-state index in [1.807, 2.05) is 6.07 Å². The molecule has 0 aliphatic carbocycles. The number of ether oxygens (including phenoxy) is 1. The summed E-state index contributed by atoms with van der Waals surface area (Å²) in [6.07, 6.45) is 4.42. The number of nitrogens with zero attached hydrogens (tertiary/aromatic N) is 1.